The van der Waals surface area contributed by atoms with Crippen molar-refractivity contribution in [2.45, 2.75) is 0 Å². The van der Waals surface area contributed by atoms with Crippen molar-refractivity contribution >= 4 is 39.0 Å². The fourth-order valence-corrected chi connectivity index (χ4v) is 1.58. The minimum Gasteiger partial charge on any atom is -0.339 e. The summed E-state index contributed by atoms with van der Waals surface area (Å²) in [4.78, 5) is 0. The van der Waals surface area contributed by atoms with Crippen LogP contribution in [0.2, 0.25) is 5.15 Å². The summed E-state index contributed by atoms with van der Waals surface area (Å²) in [5.41, 5.74) is 0.713. The first kappa shape index (κ1) is 11.3. The fraction of sp³-hybridized carbons (Fsp3) is 0. The first-order chi connectivity index (χ1) is 7.65. The van der Waals surface area contributed by atoms with Crippen LogP contribution in [0.5, 0.6) is 0 Å². The number of benzene rings is 1. The number of anilines is 2. The Hall–Kier alpha value is -1.20. The summed E-state index contributed by atoms with van der Waals surface area (Å²) < 4.78 is 13.4. The van der Waals surface area contributed by atoms with Gasteiger partial charge in [-0.2, -0.15) is 0 Å². The van der Waals surface area contributed by atoms with Gasteiger partial charge in [0.15, 0.2) is 11.0 Å². The van der Waals surface area contributed by atoms with Gasteiger partial charge in [-0.1, -0.05) is 11.6 Å². The van der Waals surface area contributed by atoms with Crippen LogP contribution in [0.3, 0.4) is 0 Å². The van der Waals surface area contributed by atoms with E-state index in [0.29, 0.717) is 21.1 Å². The SMILES string of the molecule is Fc1ccc(Nc2ccc(Cl)nn2)cc1Br. The van der Waals surface area contributed by atoms with Crippen molar-refractivity contribution in [3.63, 3.8) is 0 Å². The molecule has 0 amide bonds. The van der Waals surface area contributed by atoms with Crippen molar-refractivity contribution in [2.24, 2.45) is 0 Å². The molecule has 16 heavy (non-hydrogen) atoms. The van der Waals surface area contributed by atoms with Gasteiger partial charge in [-0.05, 0) is 46.3 Å². The number of nitrogens with zero attached hydrogens (tertiary/aromatic N) is 2. The van der Waals surface area contributed by atoms with E-state index < -0.39 is 0 Å². The first-order valence-electron chi connectivity index (χ1n) is 4.36. The molecular formula is C10H6BrClFN3. The number of hydrogen-bond donors (Lipinski definition) is 1. The number of aromatic nitrogens is 2. The zero-order chi connectivity index (χ0) is 11.5. The van der Waals surface area contributed by atoms with E-state index in [1.54, 1.807) is 24.3 Å². The van der Waals surface area contributed by atoms with Crippen LogP contribution in [0, 0.1) is 5.82 Å². The quantitative estimate of drug-likeness (QED) is 0.917. The molecule has 1 aromatic carbocycles. The topological polar surface area (TPSA) is 37.8 Å². The molecule has 0 bridgehead atoms. The maximum Gasteiger partial charge on any atom is 0.153 e. The molecule has 1 aromatic heterocycles. The van der Waals surface area contributed by atoms with Gasteiger partial charge in [0, 0.05) is 5.69 Å². The average molecular weight is 303 g/mol. The largest absolute Gasteiger partial charge is 0.339 e. The van der Waals surface area contributed by atoms with Gasteiger partial charge in [-0.25, -0.2) is 4.39 Å². The van der Waals surface area contributed by atoms with Gasteiger partial charge in [0.1, 0.15) is 5.82 Å². The van der Waals surface area contributed by atoms with Crippen molar-refractivity contribution in [1.82, 2.24) is 10.2 Å². The Bertz CT molecular complexity index is 504. The highest BCUT2D eigenvalue weighted by molar-refractivity contribution is 9.10. The molecule has 0 saturated heterocycles. The third-order valence-electron chi connectivity index (χ3n) is 1.82. The van der Waals surface area contributed by atoms with Crippen LogP contribution >= 0.6 is 27.5 Å². The molecule has 82 valence electrons. The highest BCUT2D eigenvalue weighted by Gasteiger charge is 2.01. The molecule has 0 aliphatic carbocycles. The van der Waals surface area contributed by atoms with E-state index >= 15 is 0 Å². The minimum absolute atomic E-state index is 0.312. The lowest BCUT2D eigenvalue weighted by Crippen LogP contribution is -1.95. The summed E-state index contributed by atoms with van der Waals surface area (Å²) in [6.45, 7) is 0. The predicted octanol–water partition coefficient (Wildman–Crippen LogP) is 3.78. The van der Waals surface area contributed by atoms with E-state index in [9.17, 15) is 4.39 Å². The van der Waals surface area contributed by atoms with Gasteiger partial charge < -0.3 is 5.32 Å². The Morgan fingerprint density at radius 2 is 2.00 bits per heavy atom. The van der Waals surface area contributed by atoms with E-state index in [2.05, 4.69) is 31.4 Å². The third-order valence-corrected chi connectivity index (χ3v) is 2.63. The monoisotopic (exact) mass is 301 g/mol. The highest BCUT2D eigenvalue weighted by Crippen LogP contribution is 2.22. The van der Waals surface area contributed by atoms with E-state index in [0.717, 1.165) is 0 Å². The van der Waals surface area contributed by atoms with Crippen LogP contribution in [0.25, 0.3) is 0 Å². The second-order valence-corrected chi connectivity index (χ2v) is 4.24. The maximum absolute atomic E-state index is 13.0. The number of hydrogen-bond acceptors (Lipinski definition) is 3. The predicted molar refractivity (Wildman–Crippen MR) is 64.4 cm³/mol. The Kier molecular flexibility index (Phi) is 3.36. The van der Waals surface area contributed by atoms with E-state index in [1.165, 1.54) is 6.07 Å². The molecule has 0 radical (unpaired) electrons. The lowest BCUT2D eigenvalue weighted by molar-refractivity contribution is 0.621. The number of nitrogens with one attached hydrogen (secondary N) is 1. The van der Waals surface area contributed by atoms with E-state index in [4.69, 9.17) is 11.6 Å². The standard InChI is InChI=1S/C10H6BrClFN3/c11-7-5-6(1-2-8(7)13)14-10-4-3-9(12)15-16-10/h1-5H,(H,14,16). The smallest absolute Gasteiger partial charge is 0.153 e. The lowest BCUT2D eigenvalue weighted by atomic mass is 10.3. The van der Waals surface area contributed by atoms with Gasteiger partial charge in [-0.3, -0.25) is 0 Å². The average Bonchev–Trinajstić information content (AvgIpc) is 2.27. The van der Waals surface area contributed by atoms with Crippen molar-refractivity contribution in [2.75, 3.05) is 5.32 Å². The zero-order valence-electron chi connectivity index (χ0n) is 7.92. The van der Waals surface area contributed by atoms with Gasteiger partial charge in [-0.15, -0.1) is 10.2 Å². The van der Waals surface area contributed by atoms with Crippen LogP contribution in [0.15, 0.2) is 34.8 Å². The van der Waals surface area contributed by atoms with Gasteiger partial charge in [0.05, 0.1) is 4.47 Å². The molecule has 3 nitrogen and oxygen atoms in total. The maximum atomic E-state index is 13.0. The molecule has 0 spiro atoms. The molecule has 0 fully saturated rings. The number of rotatable bonds is 2. The van der Waals surface area contributed by atoms with E-state index in [1.807, 2.05) is 0 Å². The van der Waals surface area contributed by atoms with Crippen LogP contribution in [-0.4, -0.2) is 10.2 Å². The van der Waals surface area contributed by atoms with Crippen LogP contribution in [-0.2, 0) is 0 Å². The highest BCUT2D eigenvalue weighted by atomic mass is 79.9. The van der Waals surface area contributed by atoms with Crippen LogP contribution in [0.4, 0.5) is 15.9 Å². The molecule has 0 unspecified atom stereocenters. The molecular weight excluding hydrogens is 296 g/mol. The molecule has 0 aliphatic heterocycles. The Morgan fingerprint density at radius 3 is 2.62 bits per heavy atom. The molecule has 0 saturated carbocycles. The molecule has 2 rings (SSSR count). The van der Waals surface area contributed by atoms with Crippen molar-refractivity contribution in [1.29, 1.82) is 0 Å². The summed E-state index contributed by atoms with van der Waals surface area (Å²) in [7, 11) is 0. The van der Waals surface area contributed by atoms with Crippen molar-refractivity contribution < 1.29 is 4.39 Å². The third kappa shape index (κ3) is 2.68. The lowest BCUT2D eigenvalue weighted by Gasteiger charge is -2.05. The van der Waals surface area contributed by atoms with Crippen LogP contribution in [0.1, 0.15) is 0 Å². The second kappa shape index (κ2) is 4.76. The van der Waals surface area contributed by atoms with Gasteiger partial charge in [0.25, 0.3) is 0 Å². The summed E-state index contributed by atoms with van der Waals surface area (Å²) in [6, 6.07) is 7.89. The summed E-state index contributed by atoms with van der Waals surface area (Å²) in [5.74, 6) is 0.232. The second-order valence-electron chi connectivity index (χ2n) is 3.00. The van der Waals surface area contributed by atoms with Gasteiger partial charge >= 0.3 is 0 Å². The number of halogens is 3. The Morgan fingerprint density at radius 1 is 1.19 bits per heavy atom. The Labute approximate surface area is 105 Å². The molecule has 1 N–H and O–H groups in total. The summed E-state index contributed by atoms with van der Waals surface area (Å²) in [5, 5.41) is 10.8. The van der Waals surface area contributed by atoms with Gasteiger partial charge in [0.2, 0.25) is 0 Å². The molecule has 1 heterocycles. The fourth-order valence-electron chi connectivity index (χ4n) is 1.10. The summed E-state index contributed by atoms with van der Waals surface area (Å²) >= 11 is 8.70. The molecule has 0 aliphatic rings. The molecule has 2 aromatic rings. The minimum atomic E-state index is -0.312. The van der Waals surface area contributed by atoms with Crippen molar-refractivity contribution in [3.8, 4) is 0 Å². The van der Waals surface area contributed by atoms with E-state index in [-0.39, 0.29) is 5.82 Å². The first-order valence-corrected chi connectivity index (χ1v) is 5.53. The normalized spacial score (nSPS) is 10.2. The van der Waals surface area contributed by atoms with Crippen LogP contribution < -0.4 is 5.32 Å². The molecule has 6 heteroatoms. The zero-order valence-corrected chi connectivity index (χ0v) is 10.3. The molecule has 0 atom stereocenters. The van der Waals surface area contributed by atoms with Crippen molar-refractivity contribution in [3.05, 3.63) is 45.8 Å². The Balaban J connectivity index is 2.20. The summed E-state index contributed by atoms with van der Waals surface area (Å²) in [6.07, 6.45) is 0.